The second-order valence-corrected chi connectivity index (χ2v) is 3.19. The summed E-state index contributed by atoms with van der Waals surface area (Å²) >= 11 is 0. The molecule has 0 unspecified atom stereocenters. The minimum absolute atomic E-state index is 0.174. The molecular formula is C10H13FN2O2. The third-order valence-corrected chi connectivity index (χ3v) is 1.66. The minimum Gasteiger partial charge on any atom is -0.392 e. The number of benzene rings is 1. The molecule has 0 saturated carbocycles. The SMILES string of the molecule is C[C@H](O)CNC(=O)Nc1ccc(F)cc1. The van der Waals surface area contributed by atoms with Crippen molar-refractivity contribution in [1.29, 1.82) is 0 Å². The van der Waals surface area contributed by atoms with Crippen molar-refractivity contribution in [3.8, 4) is 0 Å². The first kappa shape index (κ1) is 11.5. The summed E-state index contributed by atoms with van der Waals surface area (Å²) in [4.78, 5) is 11.2. The standard InChI is InChI=1S/C10H13FN2O2/c1-7(14)6-12-10(15)13-9-4-2-8(11)3-5-9/h2-5,7,14H,6H2,1H3,(H2,12,13,15)/t7-/m0/s1. The number of nitrogens with one attached hydrogen (secondary N) is 2. The van der Waals surface area contributed by atoms with Crippen LogP contribution < -0.4 is 10.6 Å². The molecule has 4 nitrogen and oxygen atoms in total. The van der Waals surface area contributed by atoms with E-state index in [1.165, 1.54) is 24.3 Å². The first-order valence-electron chi connectivity index (χ1n) is 4.56. The highest BCUT2D eigenvalue weighted by molar-refractivity contribution is 5.89. The summed E-state index contributed by atoms with van der Waals surface area (Å²) in [6, 6.07) is 4.99. The molecule has 1 rings (SSSR count). The maximum atomic E-state index is 12.5. The number of amides is 2. The maximum Gasteiger partial charge on any atom is 0.319 e. The van der Waals surface area contributed by atoms with E-state index >= 15 is 0 Å². The predicted octanol–water partition coefficient (Wildman–Crippen LogP) is 1.33. The molecule has 1 aromatic rings. The Morgan fingerprint density at radius 2 is 2.07 bits per heavy atom. The van der Waals surface area contributed by atoms with Gasteiger partial charge in [-0.2, -0.15) is 0 Å². The van der Waals surface area contributed by atoms with Crippen molar-refractivity contribution < 1.29 is 14.3 Å². The molecule has 15 heavy (non-hydrogen) atoms. The Morgan fingerprint density at radius 1 is 1.47 bits per heavy atom. The molecule has 0 aliphatic rings. The average molecular weight is 212 g/mol. The van der Waals surface area contributed by atoms with Gasteiger partial charge in [-0.1, -0.05) is 0 Å². The van der Waals surface area contributed by atoms with Crippen LogP contribution in [0.2, 0.25) is 0 Å². The molecule has 0 fully saturated rings. The maximum absolute atomic E-state index is 12.5. The monoisotopic (exact) mass is 212 g/mol. The van der Waals surface area contributed by atoms with Crippen LogP contribution in [-0.4, -0.2) is 23.8 Å². The van der Waals surface area contributed by atoms with Crippen LogP contribution in [0, 0.1) is 5.82 Å². The number of anilines is 1. The quantitative estimate of drug-likeness (QED) is 0.707. The molecule has 0 heterocycles. The molecule has 0 bridgehead atoms. The van der Waals surface area contributed by atoms with Crippen LogP contribution in [0.3, 0.4) is 0 Å². The summed E-state index contributed by atoms with van der Waals surface area (Å²) in [7, 11) is 0. The van der Waals surface area contributed by atoms with Crippen molar-refractivity contribution in [2.75, 3.05) is 11.9 Å². The highest BCUT2D eigenvalue weighted by Crippen LogP contribution is 2.07. The molecule has 0 spiro atoms. The highest BCUT2D eigenvalue weighted by atomic mass is 19.1. The van der Waals surface area contributed by atoms with Crippen molar-refractivity contribution in [3.63, 3.8) is 0 Å². The fraction of sp³-hybridized carbons (Fsp3) is 0.300. The number of hydrogen-bond donors (Lipinski definition) is 3. The summed E-state index contributed by atoms with van der Waals surface area (Å²) < 4.78 is 12.5. The van der Waals surface area contributed by atoms with E-state index < -0.39 is 12.1 Å². The molecule has 1 aromatic carbocycles. The predicted molar refractivity (Wildman–Crippen MR) is 55.1 cm³/mol. The van der Waals surface area contributed by atoms with E-state index in [4.69, 9.17) is 5.11 Å². The normalized spacial score (nSPS) is 11.9. The largest absolute Gasteiger partial charge is 0.392 e. The van der Waals surface area contributed by atoms with Gasteiger partial charge in [-0.15, -0.1) is 0 Å². The van der Waals surface area contributed by atoms with Crippen LogP contribution in [0.4, 0.5) is 14.9 Å². The zero-order valence-electron chi connectivity index (χ0n) is 8.33. The number of hydrogen-bond acceptors (Lipinski definition) is 2. The Morgan fingerprint density at radius 3 is 2.60 bits per heavy atom. The lowest BCUT2D eigenvalue weighted by Gasteiger charge is -2.08. The van der Waals surface area contributed by atoms with Gasteiger partial charge in [0.2, 0.25) is 0 Å². The molecule has 2 amide bonds. The molecule has 5 heteroatoms. The molecule has 0 aromatic heterocycles. The fourth-order valence-electron chi connectivity index (χ4n) is 0.949. The van der Waals surface area contributed by atoms with Crippen molar-refractivity contribution in [2.45, 2.75) is 13.0 Å². The van der Waals surface area contributed by atoms with Crippen LogP contribution in [-0.2, 0) is 0 Å². The Labute approximate surface area is 87.1 Å². The number of halogens is 1. The van der Waals surface area contributed by atoms with Crippen LogP contribution >= 0.6 is 0 Å². The number of urea groups is 1. The van der Waals surface area contributed by atoms with E-state index in [1.807, 2.05) is 0 Å². The Hall–Kier alpha value is -1.62. The van der Waals surface area contributed by atoms with Crippen LogP contribution in [0.25, 0.3) is 0 Å². The highest BCUT2D eigenvalue weighted by Gasteiger charge is 2.02. The summed E-state index contributed by atoms with van der Waals surface area (Å²) in [6.07, 6.45) is -0.594. The lowest BCUT2D eigenvalue weighted by Crippen LogP contribution is -2.34. The van der Waals surface area contributed by atoms with Crippen molar-refractivity contribution in [3.05, 3.63) is 30.1 Å². The lowest BCUT2D eigenvalue weighted by atomic mass is 10.3. The van der Waals surface area contributed by atoms with Crippen molar-refractivity contribution >= 4 is 11.7 Å². The number of aliphatic hydroxyl groups excluding tert-OH is 1. The van der Waals surface area contributed by atoms with Crippen molar-refractivity contribution in [1.82, 2.24) is 5.32 Å². The average Bonchev–Trinajstić information content (AvgIpc) is 2.19. The van der Waals surface area contributed by atoms with Gasteiger partial charge in [0.1, 0.15) is 5.82 Å². The second kappa shape index (κ2) is 5.31. The molecule has 0 radical (unpaired) electrons. The summed E-state index contributed by atoms with van der Waals surface area (Å²) in [5.41, 5.74) is 0.500. The van der Waals surface area contributed by atoms with Gasteiger partial charge in [0.05, 0.1) is 6.10 Å². The van der Waals surface area contributed by atoms with Gasteiger partial charge in [-0.3, -0.25) is 0 Å². The fourth-order valence-corrected chi connectivity index (χ4v) is 0.949. The Bertz CT molecular complexity index is 325. The molecule has 3 N–H and O–H groups in total. The smallest absolute Gasteiger partial charge is 0.319 e. The Kier molecular flexibility index (Phi) is 4.05. The minimum atomic E-state index is -0.594. The molecule has 0 aliphatic carbocycles. The first-order valence-corrected chi connectivity index (χ1v) is 4.56. The van der Waals surface area contributed by atoms with Gasteiger partial charge in [0, 0.05) is 12.2 Å². The third kappa shape index (κ3) is 4.42. The molecule has 82 valence electrons. The number of carbonyl (C=O) groups is 1. The van der Waals surface area contributed by atoms with Crippen molar-refractivity contribution in [2.24, 2.45) is 0 Å². The topological polar surface area (TPSA) is 61.4 Å². The van der Waals surface area contributed by atoms with E-state index in [9.17, 15) is 9.18 Å². The molecular weight excluding hydrogens is 199 g/mol. The van der Waals surface area contributed by atoms with E-state index in [1.54, 1.807) is 6.92 Å². The van der Waals surface area contributed by atoms with E-state index in [0.29, 0.717) is 5.69 Å². The molecule has 1 atom stereocenters. The van der Waals surface area contributed by atoms with Crippen LogP contribution in [0.5, 0.6) is 0 Å². The first-order chi connectivity index (χ1) is 7.08. The van der Waals surface area contributed by atoms with E-state index in [2.05, 4.69) is 10.6 Å². The number of carbonyl (C=O) groups excluding carboxylic acids is 1. The van der Waals surface area contributed by atoms with Crippen LogP contribution in [0.15, 0.2) is 24.3 Å². The summed E-state index contributed by atoms with van der Waals surface area (Å²) in [5.74, 6) is -0.357. The third-order valence-electron chi connectivity index (χ3n) is 1.66. The summed E-state index contributed by atoms with van der Waals surface area (Å²) in [5, 5.41) is 13.9. The molecule has 0 aliphatic heterocycles. The zero-order valence-corrected chi connectivity index (χ0v) is 8.33. The number of aliphatic hydroxyl groups is 1. The van der Waals surface area contributed by atoms with Gasteiger partial charge >= 0.3 is 6.03 Å². The van der Waals surface area contributed by atoms with E-state index in [-0.39, 0.29) is 12.4 Å². The summed E-state index contributed by atoms with van der Waals surface area (Å²) in [6.45, 7) is 1.74. The van der Waals surface area contributed by atoms with Gasteiger partial charge < -0.3 is 15.7 Å². The van der Waals surface area contributed by atoms with Gasteiger partial charge in [-0.25, -0.2) is 9.18 Å². The van der Waals surface area contributed by atoms with Crippen LogP contribution in [0.1, 0.15) is 6.92 Å². The van der Waals surface area contributed by atoms with E-state index in [0.717, 1.165) is 0 Å². The van der Waals surface area contributed by atoms with Gasteiger partial charge in [-0.05, 0) is 31.2 Å². The van der Waals surface area contributed by atoms with Gasteiger partial charge in [0.25, 0.3) is 0 Å². The Balaban J connectivity index is 2.41. The van der Waals surface area contributed by atoms with Gasteiger partial charge in [0.15, 0.2) is 0 Å². The number of rotatable bonds is 3. The molecule has 0 saturated heterocycles. The lowest BCUT2D eigenvalue weighted by molar-refractivity contribution is 0.190. The second-order valence-electron chi connectivity index (χ2n) is 3.19. The zero-order chi connectivity index (χ0) is 11.3.